The molecule has 6 nitrogen and oxygen atoms in total. The Balaban J connectivity index is 2.45. The number of hydrogen-bond acceptors (Lipinski definition) is 6. The van der Waals surface area contributed by atoms with Gasteiger partial charge in [-0.3, -0.25) is 4.18 Å². The maximum absolute atomic E-state index is 12.0. The van der Waals surface area contributed by atoms with Crippen molar-refractivity contribution in [1.82, 2.24) is 0 Å². The van der Waals surface area contributed by atoms with Gasteiger partial charge in [0.2, 0.25) is 0 Å². The van der Waals surface area contributed by atoms with E-state index in [1.807, 2.05) is 20.8 Å². The molecular weight excluding hydrogens is 332 g/mol. The van der Waals surface area contributed by atoms with Crippen LogP contribution in [0.1, 0.15) is 40.0 Å². The van der Waals surface area contributed by atoms with E-state index in [-0.39, 0.29) is 11.5 Å². The Hall–Kier alpha value is -0.990. The smallest absolute Gasteiger partial charge is 0.296 e. The zero-order valence-electron chi connectivity index (χ0n) is 14.7. The SMILES string of the molecule is CCOC(CCCCOS(=O)(=O)c1ccccc1)(OCC)OCC. The van der Waals surface area contributed by atoms with Crippen LogP contribution in [0.25, 0.3) is 0 Å². The van der Waals surface area contributed by atoms with Crippen LogP contribution >= 0.6 is 0 Å². The zero-order chi connectivity index (χ0) is 17.9. The van der Waals surface area contributed by atoms with Crippen LogP contribution in [-0.2, 0) is 28.5 Å². The first kappa shape index (κ1) is 21.1. The molecule has 138 valence electrons. The molecule has 1 aromatic carbocycles. The van der Waals surface area contributed by atoms with Gasteiger partial charge in [0.25, 0.3) is 16.1 Å². The van der Waals surface area contributed by atoms with E-state index in [4.69, 9.17) is 18.4 Å². The molecule has 24 heavy (non-hydrogen) atoms. The Labute approximate surface area is 145 Å². The van der Waals surface area contributed by atoms with Crippen molar-refractivity contribution < 1.29 is 26.8 Å². The molecule has 0 aliphatic heterocycles. The van der Waals surface area contributed by atoms with Crippen molar-refractivity contribution in [3.05, 3.63) is 30.3 Å². The highest BCUT2D eigenvalue weighted by Crippen LogP contribution is 2.23. The minimum absolute atomic E-state index is 0.109. The molecule has 0 aromatic heterocycles. The summed E-state index contributed by atoms with van der Waals surface area (Å²) >= 11 is 0. The number of unbranched alkanes of at least 4 members (excludes halogenated alkanes) is 1. The maximum Gasteiger partial charge on any atom is 0.296 e. The van der Waals surface area contributed by atoms with Crippen LogP contribution in [0.15, 0.2) is 35.2 Å². The summed E-state index contributed by atoms with van der Waals surface area (Å²) in [6, 6.07) is 8.11. The largest absolute Gasteiger partial charge is 0.328 e. The number of ether oxygens (including phenoxy) is 3. The molecule has 0 unspecified atom stereocenters. The fourth-order valence-corrected chi connectivity index (χ4v) is 3.23. The molecule has 0 saturated heterocycles. The highest BCUT2D eigenvalue weighted by atomic mass is 32.2. The predicted molar refractivity (Wildman–Crippen MR) is 91.0 cm³/mol. The molecule has 1 aromatic rings. The van der Waals surface area contributed by atoms with Crippen LogP contribution in [0, 0.1) is 0 Å². The Morgan fingerprint density at radius 1 is 0.875 bits per heavy atom. The fraction of sp³-hybridized carbons (Fsp3) is 0.647. The van der Waals surface area contributed by atoms with Gasteiger partial charge in [0, 0.05) is 26.2 Å². The topological polar surface area (TPSA) is 71.1 Å². The van der Waals surface area contributed by atoms with E-state index in [0.717, 1.165) is 0 Å². The molecule has 0 aliphatic carbocycles. The van der Waals surface area contributed by atoms with E-state index < -0.39 is 16.1 Å². The highest BCUT2D eigenvalue weighted by molar-refractivity contribution is 7.86. The standard InChI is InChI=1S/C17H28O6S/c1-4-20-17(21-5-2,22-6-3)14-10-11-15-23-24(18,19)16-12-8-7-9-13-16/h7-9,12-13H,4-6,10-11,14-15H2,1-3H3. The molecule has 0 radical (unpaired) electrons. The molecule has 1 rings (SSSR count). The minimum Gasteiger partial charge on any atom is -0.328 e. The molecule has 0 bridgehead atoms. The number of benzene rings is 1. The fourth-order valence-electron chi connectivity index (χ4n) is 2.27. The van der Waals surface area contributed by atoms with E-state index >= 15 is 0 Å². The van der Waals surface area contributed by atoms with Crippen molar-refractivity contribution in [2.24, 2.45) is 0 Å². The van der Waals surface area contributed by atoms with Gasteiger partial charge < -0.3 is 14.2 Å². The monoisotopic (exact) mass is 360 g/mol. The zero-order valence-corrected chi connectivity index (χ0v) is 15.5. The van der Waals surface area contributed by atoms with Crippen molar-refractivity contribution in [3.63, 3.8) is 0 Å². The molecule has 0 atom stereocenters. The summed E-state index contributed by atoms with van der Waals surface area (Å²) in [7, 11) is -3.70. The lowest BCUT2D eigenvalue weighted by molar-refractivity contribution is -0.380. The second-order valence-electron chi connectivity index (χ2n) is 5.03. The van der Waals surface area contributed by atoms with Crippen LogP contribution in [0.5, 0.6) is 0 Å². The third-order valence-corrected chi connectivity index (χ3v) is 4.57. The molecule has 0 heterocycles. The van der Waals surface area contributed by atoms with Gasteiger partial charge >= 0.3 is 0 Å². The normalized spacial score (nSPS) is 12.5. The summed E-state index contributed by atoms with van der Waals surface area (Å²) in [5.74, 6) is -1.06. The van der Waals surface area contributed by atoms with Crippen molar-refractivity contribution in [2.45, 2.75) is 50.9 Å². The summed E-state index contributed by atoms with van der Waals surface area (Å²) in [6.07, 6.45) is 1.72. The lowest BCUT2D eigenvalue weighted by atomic mass is 10.2. The Morgan fingerprint density at radius 3 is 1.92 bits per heavy atom. The summed E-state index contributed by atoms with van der Waals surface area (Å²) < 4.78 is 45.9. The first-order valence-corrected chi connectivity index (χ1v) is 9.77. The molecular formula is C17H28O6S. The molecule has 0 spiro atoms. The molecule has 7 heteroatoms. The lowest BCUT2D eigenvalue weighted by Crippen LogP contribution is -2.39. The summed E-state index contributed by atoms with van der Waals surface area (Å²) in [6.45, 7) is 7.15. The predicted octanol–water partition coefficient (Wildman–Crippen LogP) is 3.33. The lowest BCUT2D eigenvalue weighted by Gasteiger charge is -2.32. The Kier molecular flexibility index (Phi) is 9.46. The first-order valence-electron chi connectivity index (χ1n) is 8.36. The highest BCUT2D eigenvalue weighted by Gasteiger charge is 2.31. The Bertz CT molecular complexity index is 526. The maximum atomic E-state index is 12.0. The van der Waals surface area contributed by atoms with Gasteiger partial charge in [-0.15, -0.1) is 0 Å². The van der Waals surface area contributed by atoms with Gasteiger partial charge in [0.1, 0.15) is 0 Å². The first-order chi connectivity index (χ1) is 11.5. The van der Waals surface area contributed by atoms with Crippen LogP contribution in [-0.4, -0.2) is 40.8 Å². The van der Waals surface area contributed by atoms with Gasteiger partial charge in [0.15, 0.2) is 0 Å². The van der Waals surface area contributed by atoms with Gasteiger partial charge in [-0.2, -0.15) is 8.42 Å². The Morgan fingerprint density at radius 2 is 1.42 bits per heavy atom. The van der Waals surface area contributed by atoms with E-state index in [0.29, 0.717) is 39.1 Å². The average molecular weight is 360 g/mol. The molecule has 0 aliphatic rings. The average Bonchev–Trinajstić information content (AvgIpc) is 2.56. The third kappa shape index (κ3) is 6.86. The molecule has 0 saturated carbocycles. The van der Waals surface area contributed by atoms with Crippen LogP contribution < -0.4 is 0 Å². The molecule has 0 amide bonds. The van der Waals surface area contributed by atoms with Crippen molar-refractivity contribution >= 4 is 10.1 Å². The second kappa shape index (κ2) is 10.8. The van der Waals surface area contributed by atoms with Crippen LogP contribution in [0.2, 0.25) is 0 Å². The van der Waals surface area contributed by atoms with Gasteiger partial charge in [0.05, 0.1) is 11.5 Å². The van der Waals surface area contributed by atoms with E-state index in [9.17, 15) is 8.42 Å². The molecule has 0 N–H and O–H groups in total. The third-order valence-electron chi connectivity index (χ3n) is 3.24. The number of rotatable bonds is 13. The van der Waals surface area contributed by atoms with Crippen LogP contribution in [0.4, 0.5) is 0 Å². The van der Waals surface area contributed by atoms with Crippen molar-refractivity contribution in [2.75, 3.05) is 26.4 Å². The second-order valence-corrected chi connectivity index (χ2v) is 6.64. The summed E-state index contributed by atoms with van der Waals surface area (Å²) in [4.78, 5) is 0.164. The van der Waals surface area contributed by atoms with Gasteiger partial charge in [-0.05, 0) is 45.7 Å². The summed E-state index contributed by atoms with van der Waals surface area (Å²) in [5.41, 5.74) is 0. The number of hydrogen-bond donors (Lipinski definition) is 0. The minimum atomic E-state index is -3.70. The van der Waals surface area contributed by atoms with Gasteiger partial charge in [-0.1, -0.05) is 18.2 Å². The van der Waals surface area contributed by atoms with Crippen molar-refractivity contribution in [3.8, 4) is 0 Å². The van der Waals surface area contributed by atoms with Crippen LogP contribution in [0.3, 0.4) is 0 Å². The summed E-state index contributed by atoms with van der Waals surface area (Å²) in [5, 5.41) is 0. The van der Waals surface area contributed by atoms with E-state index in [2.05, 4.69) is 0 Å². The molecule has 0 fully saturated rings. The van der Waals surface area contributed by atoms with E-state index in [1.54, 1.807) is 18.2 Å². The van der Waals surface area contributed by atoms with Crippen molar-refractivity contribution in [1.29, 1.82) is 0 Å². The quantitative estimate of drug-likeness (QED) is 0.305. The van der Waals surface area contributed by atoms with Gasteiger partial charge in [-0.25, -0.2) is 0 Å². The van der Waals surface area contributed by atoms with E-state index in [1.165, 1.54) is 12.1 Å².